The monoisotopic (exact) mass is 208 g/mol. The van der Waals surface area contributed by atoms with Crippen LogP contribution in [0.3, 0.4) is 0 Å². The predicted molar refractivity (Wildman–Crippen MR) is 62.5 cm³/mol. The number of ether oxygens (including phenoxy) is 2. The molecule has 0 unspecified atom stereocenters. The average Bonchev–Trinajstić information content (AvgIpc) is 2.17. The zero-order valence-electron chi connectivity index (χ0n) is 10.0. The molecule has 15 heavy (non-hydrogen) atoms. The summed E-state index contributed by atoms with van der Waals surface area (Å²) in [5.41, 5.74) is 2.39. The van der Waals surface area contributed by atoms with Crippen LogP contribution in [0.25, 0.3) is 0 Å². The van der Waals surface area contributed by atoms with Gasteiger partial charge in [-0.15, -0.1) is 0 Å². The summed E-state index contributed by atoms with van der Waals surface area (Å²) in [7, 11) is 0. The average molecular weight is 208 g/mol. The number of hydrogen-bond donors (Lipinski definition) is 0. The molecule has 0 N–H and O–H groups in total. The van der Waals surface area contributed by atoms with Gasteiger partial charge in [0.15, 0.2) is 0 Å². The molecule has 2 nitrogen and oxygen atoms in total. The lowest BCUT2D eigenvalue weighted by atomic mass is 10.1. The number of aryl methyl sites for hydroxylation is 2. The first-order valence-corrected chi connectivity index (χ1v) is 5.41. The molecule has 0 atom stereocenters. The highest BCUT2D eigenvalue weighted by atomic mass is 16.5. The van der Waals surface area contributed by atoms with Crippen LogP contribution >= 0.6 is 0 Å². The molecule has 2 heteroatoms. The fourth-order valence-corrected chi connectivity index (χ4v) is 1.30. The van der Waals surface area contributed by atoms with Crippen LogP contribution in [0.1, 0.15) is 25.0 Å². The van der Waals surface area contributed by atoms with Crippen molar-refractivity contribution in [3.63, 3.8) is 0 Å². The molecule has 0 saturated heterocycles. The number of rotatable bonds is 5. The van der Waals surface area contributed by atoms with Crippen molar-refractivity contribution in [2.75, 3.05) is 13.2 Å². The van der Waals surface area contributed by atoms with Gasteiger partial charge in [0.05, 0.1) is 12.7 Å². The van der Waals surface area contributed by atoms with Gasteiger partial charge in [0.2, 0.25) is 0 Å². The van der Waals surface area contributed by atoms with Crippen LogP contribution in [-0.4, -0.2) is 19.3 Å². The standard InChI is InChI=1S/C13H20O2/c1-10(2)14-7-8-15-13-9-11(3)5-6-12(13)4/h5-6,9-10H,7-8H2,1-4H3. The molecular formula is C13H20O2. The number of benzene rings is 1. The highest BCUT2D eigenvalue weighted by Gasteiger charge is 2.00. The summed E-state index contributed by atoms with van der Waals surface area (Å²) in [5, 5.41) is 0. The van der Waals surface area contributed by atoms with Crippen molar-refractivity contribution in [1.82, 2.24) is 0 Å². The van der Waals surface area contributed by atoms with Crippen molar-refractivity contribution in [2.24, 2.45) is 0 Å². The normalized spacial score (nSPS) is 10.7. The fourth-order valence-electron chi connectivity index (χ4n) is 1.30. The first kappa shape index (κ1) is 12.1. The summed E-state index contributed by atoms with van der Waals surface area (Å²) < 4.78 is 11.1. The molecule has 0 spiro atoms. The minimum Gasteiger partial charge on any atom is -0.491 e. The molecule has 0 amide bonds. The molecule has 0 aliphatic carbocycles. The van der Waals surface area contributed by atoms with Crippen molar-refractivity contribution in [3.8, 4) is 5.75 Å². The molecule has 0 saturated carbocycles. The summed E-state index contributed by atoms with van der Waals surface area (Å²) in [5.74, 6) is 0.961. The van der Waals surface area contributed by atoms with Crippen LogP contribution in [0.5, 0.6) is 5.75 Å². The highest BCUT2D eigenvalue weighted by Crippen LogP contribution is 2.18. The second-order valence-electron chi connectivity index (χ2n) is 4.04. The van der Waals surface area contributed by atoms with E-state index < -0.39 is 0 Å². The Morgan fingerprint density at radius 1 is 1.13 bits per heavy atom. The summed E-state index contributed by atoms with van der Waals surface area (Å²) in [6.07, 6.45) is 0.271. The van der Waals surface area contributed by atoms with E-state index in [1.807, 2.05) is 13.8 Å². The summed E-state index contributed by atoms with van der Waals surface area (Å²) in [6.45, 7) is 9.43. The van der Waals surface area contributed by atoms with Gasteiger partial charge in [-0.2, -0.15) is 0 Å². The van der Waals surface area contributed by atoms with Gasteiger partial charge in [0.1, 0.15) is 12.4 Å². The van der Waals surface area contributed by atoms with E-state index in [4.69, 9.17) is 9.47 Å². The van der Waals surface area contributed by atoms with Gasteiger partial charge in [0, 0.05) is 0 Å². The van der Waals surface area contributed by atoms with E-state index in [-0.39, 0.29) is 6.10 Å². The molecule has 0 fully saturated rings. The first-order chi connectivity index (χ1) is 7.09. The Morgan fingerprint density at radius 3 is 2.53 bits per heavy atom. The quantitative estimate of drug-likeness (QED) is 0.692. The maximum Gasteiger partial charge on any atom is 0.122 e. The van der Waals surface area contributed by atoms with E-state index in [9.17, 15) is 0 Å². The molecule has 1 aromatic rings. The third-order valence-electron chi connectivity index (χ3n) is 2.14. The largest absolute Gasteiger partial charge is 0.491 e. The second kappa shape index (κ2) is 5.76. The van der Waals surface area contributed by atoms with Crippen molar-refractivity contribution in [2.45, 2.75) is 33.8 Å². The van der Waals surface area contributed by atoms with Gasteiger partial charge in [0.25, 0.3) is 0 Å². The third-order valence-corrected chi connectivity index (χ3v) is 2.14. The van der Waals surface area contributed by atoms with Crippen LogP contribution in [0.4, 0.5) is 0 Å². The van der Waals surface area contributed by atoms with Crippen molar-refractivity contribution in [1.29, 1.82) is 0 Å². The predicted octanol–water partition coefficient (Wildman–Crippen LogP) is 3.11. The lowest BCUT2D eigenvalue weighted by Gasteiger charge is -2.11. The molecule has 1 rings (SSSR count). The zero-order valence-corrected chi connectivity index (χ0v) is 10.0. The smallest absolute Gasteiger partial charge is 0.122 e. The second-order valence-corrected chi connectivity index (χ2v) is 4.04. The highest BCUT2D eigenvalue weighted by molar-refractivity contribution is 5.35. The Labute approximate surface area is 92.2 Å². The van der Waals surface area contributed by atoms with Crippen LogP contribution in [0, 0.1) is 13.8 Å². The molecule has 0 aliphatic heterocycles. The van der Waals surface area contributed by atoms with Gasteiger partial charge in [-0.1, -0.05) is 12.1 Å². The summed E-state index contributed by atoms with van der Waals surface area (Å²) in [4.78, 5) is 0. The Bertz CT molecular complexity index is 305. The van der Waals surface area contributed by atoms with Gasteiger partial charge in [-0.25, -0.2) is 0 Å². The lowest BCUT2D eigenvalue weighted by molar-refractivity contribution is 0.0551. The van der Waals surface area contributed by atoms with Crippen LogP contribution < -0.4 is 4.74 Å². The molecule has 0 aliphatic rings. The van der Waals surface area contributed by atoms with E-state index >= 15 is 0 Å². The molecule has 0 bridgehead atoms. The maximum atomic E-state index is 5.64. The van der Waals surface area contributed by atoms with E-state index in [0.717, 1.165) is 5.75 Å². The van der Waals surface area contributed by atoms with Gasteiger partial charge >= 0.3 is 0 Å². The maximum absolute atomic E-state index is 5.64. The van der Waals surface area contributed by atoms with Gasteiger partial charge < -0.3 is 9.47 Å². The molecule has 0 heterocycles. The first-order valence-electron chi connectivity index (χ1n) is 5.41. The van der Waals surface area contributed by atoms with Crippen molar-refractivity contribution in [3.05, 3.63) is 29.3 Å². The Balaban J connectivity index is 2.40. The Hall–Kier alpha value is -1.02. The molecule has 84 valence electrons. The van der Waals surface area contributed by atoms with Crippen molar-refractivity contribution < 1.29 is 9.47 Å². The third kappa shape index (κ3) is 4.34. The van der Waals surface area contributed by atoms with Crippen molar-refractivity contribution >= 4 is 0 Å². The molecular weight excluding hydrogens is 188 g/mol. The minimum absolute atomic E-state index is 0.271. The summed E-state index contributed by atoms with van der Waals surface area (Å²) in [6, 6.07) is 6.23. The zero-order chi connectivity index (χ0) is 11.3. The fraction of sp³-hybridized carbons (Fsp3) is 0.538. The molecule has 1 aromatic carbocycles. The Morgan fingerprint density at radius 2 is 1.87 bits per heavy atom. The number of hydrogen-bond acceptors (Lipinski definition) is 2. The minimum atomic E-state index is 0.271. The molecule has 0 radical (unpaired) electrons. The van der Waals surface area contributed by atoms with E-state index in [1.54, 1.807) is 0 Å². The van der Waals surface area contributed by atoms with Crippen LogP contribution in [0.15, 0.2) is 18.2 Å². The topological polar surface area (TPSA) is 18.5 Å². The summed E-state index contributed by atoms with van der Waals surface area (Å²) >= 11 is 0. The van der Waals surface area contributed by atoms with Gasteiger partial charge in [-0.05, 0) is 44.9 Å². The van der Waals surface area contributed by atoms with E-state index in [2.05, 4.69) is 32.0 Å². The Kier molecular flexibility index (Phi) is 4.63. The van der Waals surface area contributed by atoms with E-state index in [0.29, 0.717) is 13.2 Å². The van der Waals surface area contributed by atoms with Crippen LogP contribution in [-0.2, 0) is 4.74 Å². The molecule has 0 aromatic heterocycles. The van der Waals surface area contributed by atoms with E-state index in [1.165, 1.54) is 11.1 Å². The van der Waals surface area contributed by atoms with Gasteiger partial charge in [-0.3, -0.25) is 0 Å². The SMILES string of the molecule is Cc1ccc(C)c(OCCOC(C)C)c1. The lowest BCUT2D eigenvalue weighted by Crippen LogP contribution is -2.11. The van der Waals surface area contributed by atoms with Crippen LogP contribution in [0.2, 0.25) is 0 Å².